The van der Waals surface area contributed by atoms with Gasteiger partial charge in [-0.25, -0.2) is 4.39 Å². The Balaban J connectivity index is 3.02. The van der Waals surface area contributed by atoms with Crippen LogP contribution in [0.5, 0.6) is 0 Å². The van der Waals surface area contributed by atoms with Crippen LogP contribution in [0.15, 0.2) is 12.3 Å². The van der Waals surface area contributed by atoms with Crippen molar-refractivity contribution in [3.05, 3.63) is 23.5 Å². The second kappa shape index (κ2) is 3.27. The van der Waals surface area contributed by atoms with Crippen LogP contribution in [0.4, 0.5) is 17.6 Å². The maximum absolute atomic E-state index is 12.7. The molecule has 1 aromatic rings. The lowest BCUT2D eigenvalue weighted by atomic mass is 10.1. The second-order valence-electron chi connectivity index (χ2n) is 2.50. The Bertz CT molecular complexity index is 297. The van der Waals surface area contributed by atoms with E-state index in [4.69, 9.17) is 0 Å². The molecule has 1 heterocycles. The zero-order valence-corrected chi connectivity index (χ0v) is 6.64. The lowest BCUT2D eigenvalue weighted by Gasteiger charge is -2.12. The highest BCUT2D eigenvalue weighted by molar-refractivity contribution is 5.18. The molecule has 13 heavy (non-hydrogen) atoms. The van der Waals surface area contributed by atoms with Crippen LogP contribution in [0.1, 0.15) is 17.4 Å². The van der Waals surface area contributed by atoms with Gasteiger partial charge in [0.05, 0.1) is 0 Å². The van der Waals surface area contributed by atoms with Gasteiger partial charge < -0.3 is 0 Å². The van der Waals surface area contributed by atoms with Gasteiger partial charge in [0.25, 0.3) is 0 Å². The Morgan fingerprint density at radius 3 is 2.46 bits per heavy atom. The Hall–Kier alpha value is -1.20. The molecule has 0 aromatic carbocycles. The quantitative estimate of drug-likeness (QED) is 0.641. The number of halogens is 4. The van der Waals surface area contributed by atoms with E-state index < -0.39 is 18.0 Å². The molecule has 0 aliphatic carbocycles. The van der Waals surface area contributed by atoms with Crippen molar-refractivity contribution in [1.29, 1.82) is 0 Å². The number of alkyl halides is 4. The van der Waals surface area contributed by atoms with E-state index in [1.54, 1.807) is 0 Å². The molecular weight excluding hydrogens is 188 g/mol. The second-order valence-corrected chi connectivity index (χ2v) is 2.50. The van der Waals surface area contributed by atoms with E-state index in [0.717, 1.165) is 0 Å². The van der Waals surface area contributed by atoms with Crippen LogP contribution in [0.2, 0.25) is 0 Å². The van der Waals surface area contributed by atoms with Crippen LogP contribution in [-0.4, -0.2) is 16.4 Å². The minimum atomic E-state index is -4.92. The molecule has 1 unspecified atom stereocenters. The zero-order valence-electron chi connectivity index (χ0n) is 6.64. The monoisotopic (exact) mass is 194 g/mol. The fraction of sp³-hybridized carbons (Fsp3) is 0.429. The lowest BCUT2D eigenvalue weighted by molar-refractivity contribution is -0.184. The maximum atomic E-state index is 12.7. The molecule has 0 spiro atoms. The minimum absolute atomic E-state index is 0.139. The van der Waals surface area contributed by atoms with E-state index in [1.807, 2.05) is 0 Å². The molecular formula is C7H6F4N2. The van der Waals surface area contributed by atoms with E-state index in [-0.39, 0.29) is 5.56 Å². The third kappa shape index (κ3) is 2.13. The number of aromatic nitrogens is 2. The molecule has 2 nitrogen and oxygen atoms in total. The van der Waals surface area contributed by atoms with E-state index in [1.165, 1.54) is 19.2 Å². The molecule has 6 heteroatoms. The standard InChI is InChI=1S/C7H6F4N2/c1-4-2-3-12-13-5(4)6(8)7(9,10)11/h2-3,6H,1H3. The summed E-state index contributed by atoms with van der Waals surface area (Å²) in [6, 6.07) is 1.28. The van der Waals surface area contributed by atoms with Gasteiger partial charge in [-0.15, -0.1) is 0 Å². The molecule has 0 radical (unpaired) electrons. The summed E-state index contributed by atoms with van der Waals surface area (Å²) in [5.41, 5.74) is -0.533. The van der Waals surface area contributed by atoms with Gasteiger partial charge >= 0.3 is 6.18 Å². The van der Waals surface area contributed by atoms with Crippen molar-refractivity contribution in [3.8, 4) is 0 Å². The molecule has 0 N–H and O–H groups in total. The van der Waals surface area contributed by atoms with Crippen LogP contribution in [0.25, 0.3) is 0 Å². The molecule has 1 atom stereocenters. The summed E-state index contributed by atoms with van der Waals surface area (Å²) in [5, 5.41) is 6.29. The summed E-state index contributed by atoms with van der Waals surface area (Å²) in [6.07, 6.45) is -6.76. The largest absolute Gasteiger partial charge is 0.425 e. The lowest BCUT2D eigenvalue weighted by Crippen LogP contribution is -2.19. The Kier molecular flexibility index (Phi) is 2.49. The SMILES string of the molecule is Cc1ccnnc1C(F)C(F)(F)F. The van der Waals surface area contributed by atoms with Gasteiger partial charge in [0, 0.05) is 6.20 Å². The highest BCUT2D eigenvalue weighted by Crippen LogP contribution is 2.35. The van der Waals surface area contributed by atoms with E-state index in [0.29, 0.717) is 0 Å². The van der Waals surface area contributed by atoms with Crippen molar-refractivity contribution in [2.24, 2.45) is 0 Å². The summed E-state index contributed by atoms with van der Waals surface area (Å²) in [6.45, 7) is 1.35. The van der Waals surface area contributed by atoms with Crippen LogP contribution < -0.4 is 0 Å². The van der Waals surface area contributed by atoms with Crippen LogP contribution >= 0.6 is 0 Å². The number of hydrogen-bond donors (Lipinski definition) is 0. The zero-order chi connectivity index (χ0) is 10.1. The third-order valence-electron chi connectivity index (χ3n) is 1.49. The Morgan fingerprint density at radius 1 is 1.38 bits per heavy atom. The van der Waals surface area contributed by atoms with Crippen molar-refractivity contribution in [2.75, 3.05) is 0 Å². The number of nitrogens with zero attached hydrogens (tertiary/aromatic N) is 2. The molecule has 0 saturated carbocycles. The first-order chi connectivity index (χ1) is 5.93. The van der Waals surface area contributed by atoms with Gasteiger partial charge in [0.1, 0.15) is 5.69 Å². The topological polar surface area (TPSA) is 25.8 Å². The predicted molar refractivity (Wildman–Crippen MR) is 36.7 cm³/mol. The molecule has 0 aliphatic rings. The summed E-state index contributed by atoms with van der Waals surface area (Å²) in [5.74, 6) is 0. The van der Waals surface area contributed by atoms with Gasteiger partial charge in [0.2, 0.25) is 6.17 Å². The molecule has 0 aliphatic heterocycles. The Morgan fingerprint density at radius 2 is 2.00 bits per heavy atom. The van der Waals surface area contributed by atoms with E-state index >= 15 is 0 Å². The van der Waals surface area contributed by atoms with Gasteiger partial charge in [-0.2, -0.15) is 23.4 Å². The molecule has 0 bridgehead atoms. The van der Waals surface area contributed by atoms with Crippen LogP contribution in [0, 0.1) is 6.92 Å². The smallest absolute Gasteiger partial charge is 0.230 e. The van der Waals surface area contributed by atoms with Crippen molar-refractivity contribution >= 4 is 0 Å². The summed E-state index contributed by atoms with van der Waals surface area (Å²) in [7, 11) is 0. The maximum Gasteiger partial charge on any atom is 0.425 e. The average molecular weight is 194 g/mol. The fourth-order valence-corrected chi connectivity index (χ4v) is 0.811. The summed E-state index contributed by atoms with van der Waals surface area (Å²) < 4.78 is 48.3. The normalized spacial score (nSPS) is 14.2. The predicted octanol–water partition coefficient (Wildman–Crippen LogP) is 2.36. The highest BCUT2D eigenvalue weighted by atomic mass is 19.4. The fourth-order valence-electron chi connectivity index (χ4n) is 0.811. The molecule has 72 valence electrons. The Labute approximate surface area is 71.6 Å². The van der Waals surface area contributed by atoms with Gasteiger partial charge in [0.15, 0.2) is 0 Å². The van der Waals surface area contributed by atoms with Crippen molar-refractivity contribution < 1.29 is 17.6 Å². The van der Waals surface area contributed by atoms with Crippen LogP contribution in [0.3, 0.4) is 0 Å². The summed E-state index contributed by atoms with van der Waals surface area (Å²) >= 11 is 0. The number of rotatable bonds is 1. The van der Waals surface area contributed by atoms with Crippen LogP contribution in [-0.2, 0) is 0 Å². The average Bonchev–Trinajstić information content (AvgIpc) is 2.02. The number of aryl methyl sites for hydroxylation is 1. The molecule has 1 aromatic heterocycles. The van der Waals surface area contributed by atoms with Gasteiger partial charge in [-0.1, -0.05) is 0 Å². The molecule has 1 rings (SSSR count). The number of hydrogen-bond acceptors (Lipinski definition) is 2. The van der Waals surface area contributed by atoms with Crippen molar-refractivity contribution in [1.82, 2.24) is 10.2 Å². The first-order valence-electron chi connectivity index (χ1n) is 3.42. The molecule has 0 amide bonds. The van der Waals surface area contributed by atoms with E-state index in [9.17, 15) is 17.6 Å². The highest BCUT2D eigenvalue weighted by Gasteiger charge is 2.43. The summed E-state index contributed by atoms with van der Waals surface area (Å²) in [4.78, 5) is 0. The molecule has 0 fully saturated rings. The van der Waals surface area contributed by atoms with Crippen molar-refractivity contribution in [2.45, 2.75) is 19.3 Å². The first-order valence-corrected chi connectivity index (χ1v) is 3.42. The van der Waals surface area contributed by atoms with Crippen molar-refractivity contribution in [3.63, 3.8) is 0 Å². The molecule has 0 saturated heterocycles. The van der Waals surface area contributed by atoms with Gasteiger partial charge in [-0.3, -0.25) is 0 Å². The first kappa shape index (κ1) is 9.88. The van der Waals surface area contributed by atoms with Gasteiger partial charge in [-0.05, 0) is 18.6 Å². The third-order valence-corrected chi connectivity index (χ3v) is 1.49. The van der Waals surface area contributed by atoms with E-state index in [2.05, 4.69) is 10.2 Å². The minimum Gasteiger partial charge on any atom is -0.230 e.